The van der Waals surface area contributed by atoms with Crippen molar-refractivity contribution in [2.24, 2.45) is 0 Å². The average Bonchev–Trinajstić information content (AvgIpc) is 2.74. The average molecular weight is 294 g/mol. The Balaban J connectivity index is 1.83. The smallest absolute Gasteiger partial charge is 0.151 e. The molecule has 0 bridgehead atoms. The van der Waals surface area contributed by atoms with Crippen molar-refractivity contribution in [1.29, 1.82) is 0 Å². The summed E-state index contributed by atoms with van der Waals surface area (Å²) in [5.41, 5.74) is 2.18. The van der Waals surface area contributed by atoms with Crippen LogP contribution in [-0.2, 0) is 6.54 Å². The highest BCUT2D eigenvalue weighted by molar-refractivity contribution is 9.10. The third-order valence-corrected chi connectivity index (χ3v) is 3.94. The molecule has 90 valence electrons. The largest absolute Gasteiger partial charge is 0.306 e. The summed E-state index contributed by atoms with van der Waals surface area (Å²) in [6.07, 6.45) is 8.23. The van der Waals surface area contributed by atoms with Crippen LogP contribution in [0.1, 0.15) is 25.0 Å². The van der Waals surface area contributed by atoms with Gasteiger partial charge in [0.1, 0.15) is 0 Å². The molecule has 0 saturated carbocycles. The second-order valence-corrected chi connectivity index (χ2v) is 5.51. The number of likely N-dealkylation sites (tertiary alicyclic amines) is 1. The molecule has 1 saturated heterocycles. The zero-order valence-corrected chi connectivity index (χ0v) is 11.4. The quantitative estimate of drug-likeness (QED) is 0.848. The number of rotatable bonds is 2. The van der Waals surface area contributed by atoms with Gasteiger partial charge in [-0.15, -0.1) is 0 Å². The van der Waals surface area contributed by atoms with E-state index in [2.05, 4.69) is 36.4 Å². The molecule has 3 nitrogen and oxygen atoms in total. The van der Waals surface area contributed by atoms with E-state index >= 15 is 0 Å². The van der Waals surface area contributed by atoms with Gasteiger partial charge in [0.05, 0.1) is 10.2 Å². The summed E-state index contributed by atoms with van der Waals surface area (Å²) < 4.78 is 3.15. The first-order valence-electron chi connectivity index (χ1n) is 6.17. The van der Waals surface area contributed by atoms with Gasteiger partial charge in [0.15, 0.2) is 5.65 Å². The van der Waals surface area contributed by atoms with Crippen LogP contribution in [0.3, 0.4) is 0 Å². The summed E-state index contributed by atoms with van der Waals surface area (Å²) in [4.78, 5) is 7.18. The fraction of sp³-hybridized carbons (Fsp3) is 0.462. The third-order valence-electron chi connectivity index (χ3n) is 3.32. The van der Waals surface area contributed by atoms with Crippen LogP contribution in [0.25, 0.3) is 5.65 Å². The molecule has 0 aromatic carbocycles. The molecule has 0 amide bonds. The molecule has 0 radical (unpaired) electrons. The lowest BCUT2D eigenvalue weighted by Crippen LogP contribution is -2.29. The van der Waals surface area contributed by atoms with Gasteiger partial charge in [-0.25, -0.2) is 4.98 Å². The highest BCUT2D eigenvalue weighted by Crippen LogP contribution is 2.18. The van der Waals surface area contributed by atoms with Crippen LogP contribution in [0.15, 0.2) is 29.0 Å². The predicted octanol–water partition coefficient (Wildman–Crippen LogP) is 3.08. The number of nitrogens with zero attached hydrogens (tertiary/aromatic N) is 3. The van der Waals surface area contributed by atoms with Gasteiger partial charge in [0, 0.05) is 18.9 Å². The minimum Gasteiger partial charge on any atom is -0.306 e. The molecule has 0 aliphatic carbocycles. The Morgan fingerprint density at radius 3 is 2.82 bits per heavy atom. The van der Waals surface area contributed by atoms with Gasteiger partial charge in [-0.05, 0) is 54.0 Å². The van der Waals surface area contributed by atoms with Gasteiger partial charge < -0.3 is 4.40 Å². The Hall–Kier alpha value is -0.870. The zero-order valence-electron chi connectivity index (χ0n) is 9.77. The summed E-state index contributed by atoms with van der Waals surface area (Å²) in [7, 11) is 0. The molecule has 2 aromatic rings. The standard InChI is InChI=1S/C13H16BrN3/c14-12-5-4-8-17-10-11(15-13(12)17)9-16-6-2-1-3-7-16/h4-5,8,10H,1-3,6-7,9H2. The number of aromatic nitrogens is 2. The van der Waals surface area contributed by atoms with Crippen molar-refractivity contribution < 1.29 is 0 Å². The third kappa shape index (κ3) is 2.38. The van der Waals surface area contributed by atoms with Crippen LogP contribution in [0.4, 0.5) is 0 Å². The lowest BCUT2D eigenvalue weighted by atomic mass is 10.1. The van der Waals surface area contributed by atoms with Gasteiger partial charge in [0.2, 0.25) is 0 Å². The van der Waals surface area contributed by atoms with Crippen molar-refractivity contribution >= 4 is 21.6 Å². The fourth-order valence-corrected chi connectivity index (χ4v) is 2.90. The number of piperidine rings is 1. The van der Waals surface area contributed by atoms with Crippen LogP contribution in [0.2, 0.25) is 0 Å². The molecule has 4 heteroatoms. The van der Waals surface area contributed by atoms with E-state index in [1.54, 1.807) is 0 Å². The lowest BCUT2D eigenvalue weighted by Gasteiger charge is -2.25. The molecular formula is C13H16BrN3. The van der Waals surface area contributed by atoms with Crippen molar-refractivity contribution in [3.8, 4) is 0 Å². The number of hydrogen-bond donors (Lipinski definition) is 0. The Kier molecular flexibility index (Phi) is 3.16. The molecule has 1 fully saturated rings. The van der Waals surface area contributed by atoms with Gasteiger partial charge >= 0.3 is 0 Å². The first-order chi connectivity index (χ1) is 8.33. The molecule has 0 atom stereocenters. The van der Waals surface area contributed by atoms with E-state index in [0.717, 1.165) is 16.7 Å². The van der Waals surface area contributed by atoms with E-state index < -0.39 is 0 Å². The Bertz CT molecular complexity index is 514. The number of fused-ring (bicyclic) bond motifs is 1. The number of pyridine rings is 1. The van der Waals surface area contributed by atoms with Gasteiger partial charge in [-0.1, -0.05) is 6.42 Å². The van der Waals surface area contributed by atoms with Crippen LogP contribution in [-0.4, -0.2) is 27.4 Å². The maximum Gasteiger partial charge on any atom is 0.151 e. The second-order valence-electron chi connectivity index (χ2n) is 4.66. The first kappa shape index (κ1) is 11.2. The molecule has 1 aliphatic heterocycles. The predicted molar refractivity (Wildman–Crippen MR) is 72.0 cm³/mol. The molecule has 0 unspecified atom stereocenters. The minimum absolute atomic E-state index is 0.980. The van der Waals surface area contributed by atoms with E-state index in [0.29, 0.717) is 0 Å². The first-order valence-corrected chi connectivity index (χ1v) is 6.97. The molecule has 3 heterocycles. The van der Waals surface area contributed by atoms with Crippen molar-refractivity contribution in [3.05, 3.63) is 34.7 Å². The summed E-state index contributed by atoms with van der Waals surface area (Å²) in [6, 6.07) is 4.07. The number of halogens is 1. The highest BCUT2D eigenvalue weighted by Gasteiger charge is 2.12. The van der Waals surface area contributed by atoms with Crippen LogP contribution < -0.4 is 0 Å². The second kappa shape index (κ2) is 4.78. The fourth-order valence-electron chi connectivity index (χ4n) is 2.45. The maximum absolute atomic E-state index is 4.68. The SMILES string of the molecule is Brc1cccn2cc(CN3CCCCC3)nc12. The van der Waals surface area contributed by atoms with Crippen molar-refractivity contribution in [2.75, 3.05) is 13.1 Å². The van der Waals surface area contributed by atoms with Gasteiger partial charge in [0.25, 0.3) is 0 Å². The highest BCUT2D eigenvalue weighted by atomic mass is 79.9. The van der Waals surface area contributed by atoms with Crippen LogP contribution in [0, 0.1) is 0 Å². The van der Waals surface area contributed by atoms with Crippen molar-refractivity contribution in [2.45, 2.75) is 25.8 Å². The van der Waals surface area contributed by atoms with E-state index in [4.69, 9.17) is 0 Å². The Morgan fingerprint density at radius 1 is 1.24 bits per heavy atom. The topological polar surface area (TPSA) is 20.5 Å². The van der Waals surface area contributed by atoms with E-state index in [-0.39, 0.29) is 0 Å². The molecule has 0 spiro atoms. The molecule has 3 rings (SSSR count). The number of hydrogen-bond acceptors (Lipinski definition) is 2. The molecule has 0 N–H and O–H groups in total. The van der Waals surface area contributed by atoms with Crippen molar-refractivity contribution in [3.63, 3.8) is 0 Å². The van der Waals surface area contributed by atoms with E-state index in [1.807, 2.05) is 18.3 Å². The lowest BCUT2D eigenvalue weighted by molar-refractivity contribution is 0.219. The Labute approximate surface area is 110 Å². The summed E-state index contributed by atoms with van der Waals surface area (Å²) >= 11 is 3.54. The molecule has 2 aromatic heterocycles. The monoisotopic (exact) mass is 293 g/mol. The van der Waals surface area contributed by atoms with E-state index in [9.17, 15) is 0 Å². The molecule has 17 heavy (non-hydrogen) atoms. The normalized spacial score (nSPS) is 17.7. The zero-order chi connectivity index (χ0) is 11.7. The van der Waals surface area contributed by atoms with Crippen molar-refractivity contribution in [1.82, 2.24) is 14.3 Å². The minimum atomic E-state index is 0.980. The summed E-state index contributed by atoms with van der Waals surface area (Å²) in [5.74, 6) is 0. The van der Waals surface area contributed by atoms with Gasteiger partial charge in [-0.3, -0.25) is 4.90 Å². The number of imidazole rings is 1. The molecular weight excluding hydrogens is 278 g/mol. The summed E-state index contributed by atoms with van der Waals surface area (Å²) in [6.45, 7) is 3.41. The maximum atomic E-state index is 4.68. The Morgan fingerprint density at radius 2 is 2.06 bits per heavy atom. The molecule has 1 aliphatic rings. The van der Waals surface area contributed by atoms with Crippen LogP contribution >= 0.6 is 15.9 Å². The van der Waals surface area contributed by atoms with Gasteiger partial charge in [-0.2, -0.15) is 0 Å². The summed E-state index contributed by atoms with van der Waals surface area (Å²) in [5, 5.41) is 0. The van der Waals surface area contributed by atoms with Crippen LogP contribution in [0.5, 0.6) is 0 Å². The van der Waals surface area contributed by atoms with E-state index in [1.165, 1.54) is 38.0 Å².